The van der Waals surface area contributed by atoms with Crippen LogP contribution < -0.4 is 5.73 Å². The van der Waals surface area contributed by atoms with Crippen LogP contribution in [0.1, 0.15) is 65.8 Å². The van der Waals surface area contributed by atoms with Crippen molar-refractivity contribution in [2.45, 2.75) is 66.6 Å². The summed E-state index contributed by atoms with van der Waals surface area (Å²) in [5.41, 5.74) is 9.68. The molecule has 8 rings (SSSR count). The van der Waals surface area contributed by atoms with E-state index in [2.05, 4.69) is 49.8 Å². The molecule has 2 aromatic heterocycles. The van der Waals surface area contributed by atoms with Crippen molar-refractivity contribution in [2.75, 3.05) is 13.2 Å². The number of ether oxygens (including phenoxy) is 2. The van der Waals surface area contributed by atoms with Crippen LogP contribution in [0.5, 0.6) is 0 Å². The summed E-state index contributed by atoms with van der Waals surface area (Å²) in [6.45, 7) is 12.8. The molecule has 0 unspecified atom stereocenters. The number of rotatable bonds is 8. The maximum absolute atomic E-state index is 13.5. The highest BCUT2D eigenvalue weighted by molar-refractivity contribution is 5.81. The third kappa shape index (κ3) is 8.08. The second-order valence-corrected chi connectivity index (χ2v) is 17.9. The first-order valence-corrected chi connectivity index (χ1v) is 21.2. The van der Waals surface area contributed by atoms with E-state index in [4.69, 9.17) is 15.2 Å². The predicted molar refractivity (Wildman–Crippen MR) is 229 cm³/mol. The van der Waals surface area contributed by atoms with Crippen LogP contribution >= 0.6 is 0 Å². The van der Waals surface area contributed by atoms with Gasteiger partial charge in [-0.3, -0.25) is 19.6 Å². The smallest absolute Gasteiger partial charge is 0.315 e. The van der Waals surface area contributed by atoms with Crippen molar-refractivity contribution >= 4 is 24.1 Å². The van der Waals surface area contributed by atoms with Gasteiger partial charge < -0.3 is 20.3 Å². The predicted octanol–water partition coefficient (Wildman–Crippen LogP) is 9.43. The standard InChI is InChI=1S/C25H29FN2O2.C25H28FNO3/c1-15-12-25(14-27)23(17(3)30-24(25)29)22(16(15)2)10-9-21-8-7-19(13-28-21)18-5-4-6-20(26)11-18;1-15-12-25(14-28)23(17(3)30-24(25)29)22(16(15)2)10-9-21-8-7-19(13-27-21)18-5-4-6-20(26)11-18/h4-11,13,15-17,22-23H,12,14,27H2,1-3H3;4-11,13,15-17,22-23,28H,12,14H2,1-3H3/b2*10-9+/t2*15-,16+,17+,22-,23-,25-/m00/s1. The number of cyclic esters (lactones) is 2. The minimum absolute atomic E-state index is 0.0518. The van der Waals surface area contributed by atoms with Gasteiger partial charge in [0.1, 0.15) is 23.8 Å². The number of carbonyl (C=O) groups excluding carboxylic acids is 2. The Labute approximate surface area is 352 Å². The number of aromatic nitrogens is 2. The highest BCUT2D eigenvalue weighted by atomic mass is 19.1. The van der Waals surface area contributed by atoms with Crippen molar-refractivity contribution in [2.24, 2.45) is 63.9 Å². The summed E-state index contributed by atoms with van der Waals surface area (Å²) in [5.74, 6) is 0.807. The van der Waals surface area contributed by atoms with Crippen LogP contribution in [-0.2, 0) is 19.1 Å². The number of benzene rings is 2. The van der Waals surface area contributed by atoms with Crippen LogP contribution in [0.25, 0.3) is 34.4 Å². The number of pyridine rings is 2. The summed E-state index contributed by atoms with van der Waals surface area (Å²) < 4.78 is 38.2. The molecule has 10 heteroatoms. The van der Waals surface area contributed by atoms with E-state index in [-0.39, 0.29) is 66.1 Å². The molecule has 2 aliphatic heterocycles. The van der Waals surface area contributed by atoms with E-state index in [9.17, 15) is 23.5 Å². The molecule has 8 nitrogen and oxygen atoms in total. The molecule has 2 aromatic carbocycles. The topological polar surface area (TPSA) is 125 Å². The minimum Gasteiger partial charge on any atom is -0.462 e. The van der Waals surface area contributed by atoms with E-state index in [0.29, 0.717) is 36.6 Å². The lowest BCUT2D eigenvalue weighted by Crippen LogP contribution is -2.51. The molecule has 4 heterocycles. The summed E-state index contributed by atoms with van der Waals surface area (Å²) in [7, 11) is 0. The van der Waals surface area contributed by atoms with Gasteiger partial charge in [-0.2, -0.15) is 0 Å². The number of hydrogen-bond donors (Lipinski definition) is 2. The van der Waals surface area contributed by atoms with Crippen molar-refractivity contribution in [1.82, 2.24) is 9.97 Å². The van der Waals surface area contributed by atoms with Crippen LogP contribution in [0.4, 0.5) is 8.78 Å². The maximum atomic E-state index is 13.5. The van der Waals surface area contributed by atoms with Crippen LogP contribution in [0.3, 0.4) is 0 Å². The Bertz CT molecular complexity index is 2070. The molecule has 2 saturated carbocycles. The third-order valence-electron chi connectivity index (χ3n) is 14.4. The largest absolute Gasteiger partial charge is 0.462 e. The molecule has 2 saturated heterocycles. The number of nitrogens with two attached hydrogens (primary N) is 1. The molecule has 60 heavy (non-hydrogen) atoms. The summed E-state index contributed by atoms with van der Waals surface area (Å²) in [4.78, 5) is 34.3. The van der Waals surface area contributed by atoms with Crippen molar-refractivity contribution in [1.29, 1.82) is 0 Å². The van der Waals surface area contributed by atoms with Crippen molar-refractivity contribution in [3.63, 3.8) is 0 Å². The van der Waals surface area contributed by atoms with E-state index in [1.165, 1.54) is 24.3 Å². The normalized spacial score (nSPS) is 33.5. The molecular weight excluding hydrogens is 761 g/mol. The molecule has 0 radical (unpaired) electrons. The molecule has 12 atom stereocenters. The number of carbonyl (C=O) groups is 2. The Balaban J connectivity index is 0.000000181. The van der Waals surface area contributed by atoms with Crippen LogP contribution in [-0.4, -0.2) is 52.4 Å². The van der Waals surface area contributed by atoms with E-state index in [0.717, 1.165) is 40.1 Å². The van der Waals surface area contributed by atoms with Gasteiger partial charge in [-0.05, 0) is 122 Å². The van der Waals surface area contributed by atoms with Gasteiger partial charge in [0.15, 0.2) is 0 Å². The number of allylic oxidation sites excluding steroid dienone is 2. The average Bonchev–Trinajstić information content (AvgIpc) is 3.64. The second-order valence-electron chi connectivity index (χ2n) is 17.9. The molecule has 4 fully saturated rings. The number of esters is 2. The van der Waals surface area contributed by atoms with Gasteiger partial charge in [-0.1, -0.05) is 76.2 Å². The highest BCUT2D eigenvalue weighted by Gasteiger charge is 2.63. The fraction of sp³-hybridized carbons (Fsp3) is 0.440. The van der Waals surface area contributed by atoms with E-state index >= 15 is 0 Å². The zero-order valence-corrected chi connectivity index (χ0v) is 35.3. The monoisotopic (exact) mass is 817 g/mol. The first kappa shape index (κ1) is 43.0. The van der Waals surface area contributed by atoms with Crippen LogP contribution in [0, 0.1) is 69.8 Å². The number of fused-ring (bicyclic) bond motifs is 2. The molecule has 0 amide bonds. The summed E-state index contributed by atoms with van der Waals surface area (Å²) in [5, 5.41) is 10.1. The Morgan fingerprint density at radius 1 is 0.667 bits per heavy atom. The molecule has 3 N–H and O–H groups in total. The number of aliphatic hydroxyl groups is 1. The van der Waals surface area contributed by atoms with Gasteiger partial charge in [0.25, 0.3) is 0 Å². The molecule has 0 spiro atoms. The molecule has 4 aromatic rings. The average molecular weight is 818 g/mol. The summed E-state index contributed by atoms with van der Waals surface area (Å²) in [6, 6.07) is 20.7. The molecule has 4 aliphatic rings. The zero-order chi connectivity index (χ0) is 42.9. The second kappa shape index (κ2) is 17.5. The summed E-state index contributed by atoms with van der Waals surface area (Å²) >= 11 is 0. The minimum atomic E-state index is -0.810. The lowest BCUT2D eigenvalue weighted by atomic mass is 9.55. The van der Waals surface area contributed by atoms with Gasteiger partial charge in [-0.25, -0.2) is 8.78 Å². The molecule has 316 valence electrons. The third-order valence-corrected chi connectivity index (χ3v) is 14.4. The number of nitrogens with zero attached hydrogens (tertiary/aromatic N) is 2. The van der Waals surface area contributed by atoms with Crippen LogP contribution in [0.2, 0.25) is 0 Å². The van der Waals surface area contributed by atoms with Crippen molar-refractivity contribution < 1.29 is 33.0 Å². The lowest BCUT2D eigenvalue weighted by molar-refractivity contribution is -0.153. The number of aliphatic hydroxyl groups excluding tert-OH is 1. The first-order valence-electron chi connectivity index (χ1n) is 21.2. The van der Waals surface area contributed by atoms with Crippen molar-refractivity contribution in [3.8, 4) is 22.3 Å². The van der Waals surface area contributed by atoms with Crippen molar-refractivity contribution in [3.05, 3.63) is 120 Å². The molecular formula is C50H57F2N3O5. The molecule has 0 bridgehead atoms. The Kier molecular flexibility index (Phi) is 12.6. The highest BCUT2D eigenvalue weighted by Crippen LogP contribution is 2.57. The zero-order valence-electron chi connectivity index (χ0n) is 35.3. The Morgan fingerprint density at radius 2 is 1.10 bits per heavy atom. The van der Waals surface area contributed by atoms with Gasteiger partial charge in [0, 0.05) is 41.9 Å². The number of hydrogen-bond acceptors (Lipinski definition) is 8. The first-order chi connectivity index (χ1) is 28.7. The SMILES string of the molecule is C[C@H]1[C@H](/C=C/c2ccc(-c3cccc(F)c3)cn2)[C@@H]2[C@@H](C)OC(=O)[C@]2(CN)C[C@@H]1C.C[C@H]1[C@H](/C=C/c2ccc(-c3cccc(F)c3)cn2)[C@@H]2[C@@H](C)OC(=O)[C@]2(CO)C[C@@H]1C. The fourth-order valence-electron chi connectivity index (χ4n) is 10.9. The van der Waals surface area contributed by atoms with E-state index < -0.39 is 10.8 Å². The molecule has 2 aliphatic carbocycles. The van der Waals surface area contributed by atoms with Gasteiger partial charge in [0.2, 0.25) is 0 Å². The Morgan fingerprint density at radius 3 is 1.50 bits per heavy atom. The van der Waals surface area contributed by atoms with Gasteiger partial charge in [-0.15, -0.1) is 0 Å². The number of halogens is 2. The summed E-state index contributed by atoms with van der Waals surface area (Å²) in [6.07, 6.45) is 12.9. The maximum Gasteiger partial charge on any atom is 0.315 e. The quantitative estimate of drug-likeness (QED) is 0.169. The van der Waals surface area contributed by atoms with Crippen LogP contribution in [0.15, 0.2) is 97.3 Å². The Hall–Kier alpha value is -5.06. The van der Waals surface area contributed by atoms with E-state index in [1.54, 1.807) is 24.5 Å². The lowest BCUT2D eigenvalue weighted by Gasteiger charge is -2.46. The van der Waals surface area contributed by atoms with Gasteiger partial charge >= 0.3 is 11.9 Å². The van der Waals surface area contributed by atoms with Gasteiger partial charge in [0.05, 0.1) is 28.8 Å². The fourth-order valence-corrected chi connectivity index (χ4v) is 10.9. The van der Waals surface area contributed by atoms with E-state index in [1.807, 2.05) is 62.4 Å².